The number of rotatable bonds is 6. The fourth-order valence-corrected chi connectivity index (χ4v) is 4.83. The van der Waals surface area contributed by atoms with Gasteiger partial charge >= 0.3 is 0 Å². The minimum Gasteiger partial charge on any atom is -0.381 e. The molecular weight excluding hydrogens is 260 g/mol. The number of likely N-dealkylation sites (tertiary alicyclic amines) is 1. The van der Waals surface area contributed by atoms with Crippen molar-refractivity contribution in [3.63, 3.8) is 0 Å². The summed E-state index contributed by atoms with van der Waals surface area (Å²) in [5.74, 6) is 1.70. The molecule has 0 aromatic rings. The SMILES string of the molecule is CCCNC1CCOCC1CN1CCCC1C1CCCC1. The normalized spacial score (nSPS) is 35.6. The van der Waals surface area contributed by atoms with Gasteiger partial charge in [0.05, 0.1) is 6.61 Å². The van der Waals surface area contributed by atoms with Crippen LogP contribution in [0.15, 0.2) is 0 Å². The fourth-order valence-electron chi connectivity index (χ4n) is 4.83. The predicted octanol–water partition coefficient (Wildman–Crippen LogP) is 3.05. The van der Waals surface area contributed by atoms with E-state index in [2.05, 4.69) is 17.1 Å². The minimum absolute atomic E-state index is 0.684. The van der Waals surface area contributed by atoms with Gasteiger partial charge in [0.2, 0.25) is 0 Å². The summed E-state index contributed by atoms with van der Waals surface area (Å²) >= 11 is 0. The summed E-state index contributed by atoms with van der Waals surface area (Å²) < 4.78 is 5.80. The van der Waals surface area contributed by atoms with Crippen LogP contribution in [-0.4, -0.2) is 49.8 Å². The van der Waals surface area contributed by atoms with Crippen molar-refractivity contribution in [2.75, 3.05) is 32.8 Å². The molecule has 21 heavy (non-hydrogen) atoms. The summed E-state index contributed by atoms with van der Waals surface area (Å²) in [6.07, 6.45) is 11.2. The maximum Gasteiger partial charge on any atom is 0.0521 e. The number of hydrogen-bond acceptors (Lipinski definition) is 3. The van der Waals surface area contributed by atoms with Gasteiger partial charge in [-0.15, -0.1) is 0 Å². The molecule has 0 spiro atoms. The second-order valence-electron chi connectivity index (χ2n) is 7.43. The van der Waals surface area contributed by atoms with Gasteiger partial charge in [-0.2, -0.15) is 0 Å². The molecule has 3 fully saturated rings. The summed E-state index contributed by atoms with van der Waals surface area (Å²) in [6, 6.07) is 1.57. The Balaban J connectivity index is 1.55. The van der Waals surface area contributed by atoms with Crippen molar-refractivity contribution in [1.82, 2.24) is 10.2 Å². The van der Waals surface area contributed by atoms with Crippen molar-refractivity contribution in [3.05, 3.63) is 0 Å². The van der Waals surface area contributed by atoms with Crippen LogP contribution in [0.5, 0.6) is 0 Å². The number of nitrogens with zero attached hydrogens (tertiary/aromatic N) is 1. The molecule has 1 saturated carbocycles. The first-order valence-corrected chi connectivity index (χ1v) is 9.43. The highest BCUT2D eigenvalue weighted by molar-refractivity contribution is 4.91. The van der Waals surface area contributed by atoms with Gasteiger partial charge in [0, 0.05) is 31.2 Å². The quantitative estimate of drug-likeness (QED) is 0.815. The molecular formula is C18H34N2O. The fraction of sp³-hybridized carbons (Fsp3) is 1.00. The Morgan fingerprint density at radius 1 is 1.10 bits per heavy atom. The maximum absolute atomic E-state index is 5.80. The van der Waals surface area contributed by atoms with Crippen LogP contribution >= 0.6 is 0 Å². The lowest BCUT2D eigenvalue weighted by atomic mass is 9.92. The summed E-state index contributed by atoms with van der Waals surface area (Å²) in [5.41, 5.74) is 0. The van der Waals surface area contributed by atoms with E-state index < -0.39 is 0 Å². The summed E-state index contributed by atoms with van der Waals surface area (Å²) in [5, 5.41) is 3.77. The summed E-state index contributed by atoms with van der Waals surface area (Å²) in [4.78, 5) is 2.83. The molecule has 3 unspecified atom stereocenters. The molecule has 2 heterocycles. The predicted molar refractivity (Wildman–Crippen MR) is 87.6 cm³/mol. The van der Waals surface area contributed by atoms with Gasteiger partial charge in [-0.05, 0) is 57.5 Å². The van der Waals surface area contributed by atoms with Gasteiger partial charge in [-0.25, -0.2) is 0 Å². The third-order valence-electron chi connectivity index (χ3n) is 5.96. The van der Waals surface area contributed by atoms with Crippen molar-refractivity contribution in [2.45, 2.75) is 70.4 Å². The van der Waals surface area contributed by atoms with Crippen molar-refractivity contribution in [3.8, 4) is 0 Å². The molecule has 3 rings (SSSR count). The maximum atomic E-state index is 5.80. The molecule has 0 aromatic carbocycles. The average molecular weight is 294 g/mol. The van der Waals surface area contributed by atoms with Gasteiger partial charge < -0.3 is 10.1 Å². The van der Waals surface area contributed by atoms with Crippen LogP contribution in [0.3, 0.4) is 0 Å². The second kappa shape index (κ2) is 7.94. The zero-order valence-corrected chi connectivity index (χ0v) is 13.9. The van der Waals surface area contributed by atoms with E-state index in [1.807, 2.05) is 0 Å². The van der Waals surface area contributed by atoms with Crippen LogP contribution in [0.4, 0.5) is 0 Å². The lowest BCUT2D eigenvalue weighted by Crippen LogP contribution is -2.49. The van der Waals surface area contributed by atoms with Crippen LogP contribution in [0.1, 0.15) is 58.3 Å². The number of hydrogen-bond donors (Lipinski definition) is 1. The molecule has 122 valence electrons. The highest BCUT2D eigenvalue weighted by atomic mass is 16.5. The second-order valence-corrected chi connectivity index (χ2v) is 7.43. The zero-order valence-electron chi connectivity index (χ0n) is 13.9. The smallest absolute Gasteiger partial charge is 0.0521 e. The largest absolute Gasteiger partial charge is 0.381 e. The van der Waals surface area contributed by atoms with Crippen LogP contribution < -0.4 is 5.32 Å². The lowest BCUT2D eigenvalue weighted by Gasteiger charge is -2.38. The Hall–Kier alpha value is -0.120. The first kappa shape index (κ1) is 15.8. The molecule has 1 N–H and O–H groups in total. The van der Waals surface area contributed by atoms with E-state index in [1.54, 1.807) is 0 Å². The van der Waals surface area contributed by atoms with E-state index in [1.165, 1.54) is 64.5 Å². The molecule has 0 amide bonds. The Labute approximate surface area is 130 Å². The van der Waals surface area contributed by atoms with Crippen molar-refractivity contribution >= 4 is 0 Å². The molecule has 3 aliphatic rings. The van der Waals surface area contributed by atoms with Crippen LogP contribution in [0, 0.1) is 11.8 Å². The molecule has 3 heteroatoms. The molecule has 2 saturated heterocycles. The highest BCUT2D eigenvalue weighted by Crippen LogP contribution is 2.36. The van der Waals surface area contributed by atoms with E-state index in [0.29, 0.717) is 12.0 Å². The highest BCUT2D eigenvalue weighted by Gasteiger charge is 2.36. The molecule has 0 bridgehead atoms. The topological polar surface area (TPSA) is 24.5 Å². The zero-order chi connectivity index (χ0) is 14.5. The van der Waals surface area contributed by atoms with E-state index in [0.717, 1.165) is 31.7 Å². The Morgan fingerprint density at radius 3 is 2.76 bits per heavy atom. The van der Waals surface area contributed by atoms with Crippen LogP contribution in [0.25, 0.3) is 0 Å². The van der Waals surface area contributed by atoms with Crippen molar-refractivity contribution in [1.29, 1.82) is 0 Å². The standard InChI is InChI=1S/C18H34N2O/c1-2-10-19-17-9-12-21-14-16(17)13-20-11-5-8-18(20)15-6-3-4-7-15/h15-19H,2-14H2,1H3. The molecule has 1 aliphatic carbocycles. The molecule has 3 nitrogen and oxygen atoms in total. The molecule has 2 aliphatic heterocycles. The third kappa shape index (κ3) is 4.00. The Kier molecular flexibility index (Phi) is 5.96. The molecule has 0 radical (unpaired) electrons. The van der Waals surface area contributed by atoms with Gasteiger partial charge in [-0.1, -0.05) is 19.8 Å². The first-order valence-electron chi connectivity index (χ1n) is 9.43. The van der Waals surface area contributed by atoms with Crippen molar-refractivity contribution in [2.24, 2.45) is 11.8 Å². The minimum atomic E-state index is 0.684. The number of ether oxygens (including phenoxy) is 1. The monoisotopic (exact) mass is 294 g/mol. The third-order valence-corrected chi connectivity index (χ3v) is 5.96. The molecule has 0 aromatic heterocycles. The Morgan fingerprint density at radius 2 is 1.95 bits per heavy atom. The van der Waals surface area contributed by atoms with Gasteiger partial charge in [0.15, 0.2) is 0 Å². The van der Waals surface area contributed by atoms with E-state index in [-0.39, 0.29) is 0 Å². The Bertz CT molecular complexity index is 304. The number of nitrogens with one attached hydrogen (secondary N) is 1. The summed E-state index contributed by atoms with van der Waals surface area (Å²) in [6.45, 7) is 7.94. The van der Waals surface area contributed by atoms with Crippen molar-refractivity contribution < 1.29 is 4.74 Å². The van der Waals surface area contributed by atoms with E-state index >= 15 is 0 Å². The van der Waals surface area contributed by atoms with E-state index in [9.17, 15) is 0 Å². The van der Waals surface area contributed by atoms with Gasteiger partial charge in [0.1, 0.15) is 0 Å². The van der Waals surface area contributed by atoms with E-state index in [4.69, 9.17) is 4.74 Å². The summed E-state index contributed by atoms with van der Waals surface area (Å²) in [7, 11) is 0. The van der Waals surface area contributed by atoms with Gasteiger partial charge in [-0.3, -0.25) is 4.90 Å². The lowest BCUT2D eigenvalue weighted by molar-refractivity contribution is 0.0113. The average Bonchev–Trinajstić information content (AvgIpc) is 3.17. The van der Waals surface area contributed by atoms with Crippen LogP contribution in [-0.2, 0) is 4.74 Å². The van der Waals surface area contributed by atoms with Crippen LogP contribution in [0.2, 0.25) is 0 Å². The molecule has 3 atom stereocenters. The van der Waals surface area contributed by atoms with Gasteiger partial charge in [0.25, 0.3) is 0 Å². The first-order chi connectivity index (χ1) is 10.4.